The first kappa shape index (κ1) is 19.9. The van der Waals surface area contributed by atoms with E-state index in [1.807, 2.05) is 61.5 Å². The third-order valence-electron chi connectivity index (χ3n) is 4.36. The minimum absolute atomic E-state index is 0.0887. The molecule has 5 nitrogen and oxygen atoms in total. The number of thioether (sulfide) groups is 1. The number of carbonyl (C=O) groups excluding carboxylic acids is 2. The summed E-state index contributed by atoms with van der Waals surface area (Å²) >= 11 is 1.42. The van der Waals surface area contributed by atoms with Crippen molar-refractivity contribution in [3.63, 3.8) is 0 Å². The molecule has 3 rings (SSSR count). The van der Waals surface area contributed by atoms with Gasteiger partial charge in [-0.05, 0) is 37.6 Å². The first-order valence-electron chi connectivity index (χ1n) is 8.86. The second kappa shape index (κ2) is 8.89. The van der Waals surface area contributed by atoms with Crippen molar-refractivity contribution >= 4 is 34.6 Å². The number of rotatable bonds is 6. The molecule has 1 aromatic heterocycles. The molecular formula is C22H21NO4S. The zero-order valence-electron chi connectivity index (χ0n) is 16.0. The topological polar surface area (TPSA) is 65.5 Å². The maximum absolute atomic E-state index is 12.4. The molecule has 6 heteroatoms. The average Bonchev–Trinajstić information content (AvgIpc) is 2.72. The van der Waals surface area contributed by atoms with Gasteiger partial charge in [-0.3, -0.25) is 4.79 Å². The van der Waals surface area contributed by atoms with Gasteiger partial charge < -0.3 is 9.47 Å². The fourth-order valence-electron chi connectivity index (χ4n) is 2.93. The largest absolute Gasteiger partial charge is 0.465 e. The van der Waals surface area contributed by atoms with Gasteiger partial charge in [0.25, 0.3) is 0 Å². The van der Waals surface area contributed by atoms with Crippen LogP contribution in [0.15, 0.2) is 59.5 Å². The second-order valence-electron chi connectivity index (χ2n) is 6.25. The number of carbonyl (C=O) groups is 2. The number of aromatic nitrogens is 1. The zero-order valence-corrected chi connectivity index (χ0v) is 16.8. The molecule has 0 N–H and O–H groups in total. The van der Waals surface area contributed by atoms with Gasteiger partial charge in [0.05, 0.1) is 23.9 Å². The summed E-state index contributed by atoms with van der Waals surface area (Å²) in [4.78, 5) is 30.3. The highest BCUT2D eigenvalue weighted by atomic mass is 32.2. The number of aryl methyl sites for hydroxylation is 1. The number of nitrogens with zero attached hydrogens (tertiary/aromatic N) is 1. The van der Waals surface area contributed by atoms with Gasteiger partial charge in [0.15, 0.2) is 0 Å². The normalized spacial score (nSPS) is 11.8. The summed E-state index contributed by atoms with van der Waals surface area (Å²) in [5.74, 6) is -0.856. The predicted molar refractivity (Wildman–Crippen MR) is 109 cm³/mol. The highest BCUT2D eigenvalue weighted by Gasteiger charge is 2.22. The fourth-order valence-corrected chi connectivity index (χ4v) is 3.81. The van der Waals surface area contributed by atoms with Gasteiger partial charge in [-0.15, -0.1) is 11.8 Å². The zero-order chi connectivity index (χ0) is 20.1. The summed E-state index contributed by atoms with van der Waals surface area (Å²) in [5.41, 5.74) is 2.24. The molecule has 0 radical (unpaired) electrons. The third-order valence-corrected chi connectivity index (χ3v) is 5.45. The summed E-state index contributed by atoms with van der Waals surface area (Å²) in [6.07, 6.45) is 0. The number of hydrogen-bond acceptors (Lipinski definition) is 6. The molecule has 0 unspecified atom stereocenters. The van der Waals surface area contributed by atoms with Crippen molar-refractivity contribution in [2.75, 3.05) is 7.11 Å². The SMILES string of the molecule is COC(=O)c1c(COC(=O)[C@@H](C)Sc2ccccc2)nc2ccccc2c1C. The number of benzene rings is 2. The monoisotopic (exact) mass is 395 g/mol. The van der Waals surface area contributed by atoms with Crippen LogP contribution in [0, 0.1) is 6.92 Å². The van der Waals surface area contributed by atoms with E-state index in [0.29, 0.717) is 11.3 Å². The van der Waals surface area contributed by atoms with Crippen LogP contribution in [-0.2, 0) is 20.9 Å². The molecular weight excluding hydrogens is 374 g/mol. The Kier molecular flexibility index (Phi) is 6.31. The van der Waals surface area contributed by atoms with Crippen LogP contribution in [0.3, 0.4) is 0 Å². The Morgan fingerprint density at radius 2 is 1.75 bits per heavy atom. The Hall–Kier alpha value is -2.86. The standard InChI is InChI=1S/C22H21NO4S/c1-14-17-11-7-8-12-18(17)23-19(20(14)22(25)26-3)13-27-21(24)15(2)28-16-9-5-4-6-10-16/h4-12,15H,13H2,1-3H3/t15-/m1/s1. The van der Waals surface area contributed by atoms with Gasteiger partial charge in [-0.25, -0.2) is 9.78 Å². The maximum atomic E-state index is 12.4. The van der Waals surface area contributed by atoms with Crippen molar-refractivity contribution in [1.82, 2.24) is 4.98 Å². The van der Waals surface area contributed by atoms with Crippen molar-refractivity contribution in [2.24, 2.45) is 0 Å². The first-order chi connectivity index (χ1) is 13.5. The summed E-state index contributed by atoms with van der Waals surface area (Å²) in [6, 6.07) is 17.2. The predicted octanol–water partition coefficient (Wildman–Crippen LogP) is 4.55. The van der Waals surface area contributed by atoms with Crippen LogP contribution in [0.5, 0.6) is 0 Å². The maximum Gasteiger partial charge on any atom is 0.340 e. The van der Waals surface area contributed by atoms with E-state index >= 15 is 0 Å². The van der Waals surface area contributed by atoms with E-state index in [-0.39, 0.29) is 17.8 Å². The molecule has 144 valence electrons. The van der Waals surface area contributed by atoms with Crippen LogP contribution in [0.1, 0.15) is 28.5 Å². The van der Waals surface area contributed by atoms with Gasteiger partial charge in [0, 0.05) is 10.3 Å². The molecule has 0 aliphatic rings. The minimum atomic E-state index is -0.492. The van der Waals surface area contributed by atoms with Crippen LogP contribution >= 0.6 is 11.8 Å². The minimum Gasteiger partial charge on any atom is -0.465 e. The molecule has 2 aromatic carbocycles. The van der Waals surface area contributed by atoms with E-state index in [2.05, 4.69) is 4.98 Å². The molecule has 0 aliphatic carbocycles. The van der Waals surface area contributed by atoms with Crippen molar-refractivity contribution in [1.29, 1.82) is 0 Å². The van der Waals surface area contributed by atoms with Crippen molar-refractivity contribution in [3.8, 4) is 0 Å². The Bertz CT molecular complexity index is 1000. The molecule has 0 fully saturated rings. The smallest absolute Gasteiger partial charge is 0.340 e. The second-order valence-corrected chi connectivity index (χ2v) is 7.66. The van der Waals surface area contributed by atoms with E-state index in [9.17, 15) is 9.59 Å². The highest BCUT2D eigenvalue weighted by molar-refractivity contribution is 8.00. The lowest BCUT2D eigenvalue weighted by molar-refractivity contribution is -0.144. The molecule has 1 atom stereocenters. The first-order valence-corrected chi connectivity index (χ1v) is 9.74. The lowest BCUT2D eigenvalue weighted by atomic mass is 10.0. The van der Waals surface area contributed by atoms with E-state index in [1.165, 1.54) is 18.9 Å². The lowest BCUT2D eigenvalue weighted by Crippen LogP contribution is -2.19. The number of pyridine rings is 1. The fraction of sp³-hybridized carbons (Fsp3) is 0.227. The molecule has 0 saturated heterocycles. The molecule has 1 heterocycles. The lowest BCUT2D eigenvalue weighted by Gasteiger charge is -2.15. The van der Waals surface area contributed by atoms with Gasteiger partial charge in [0.1, 0.15) is 11.9 Å². The summed E-state index contributed by atoms with van der Waals surface area (Å²) in [5, 5.41) is 0.483. The Labute approximate surface area is 168 Å². The Balaban J connectivity index is 1.81. The van der Waals surface area contributed by atoms with Crippen molar-refractivity contribution in [3.05, 3.63) is 71.4 Å². The van der Waals surface area contributed by atoms with Crippen LogP contribution in [0.2, 0.25) is 0 Å². The van der Waals surface area contributed by atoms with Crippen molar-refractivity contribution < 1.29 is 19.1 Å². The number of methoxy groups -OCH3 is 1. The highest BCUT2D eigenvalue weighted by Crippen LogP contribution is 2.26. The third kappa shape index (κ3) is 4.34. The number of ether oxygens (including phenoxy) is 2. The molecule has 0 aliphatic heterocycles. The molecule has 28 heavy (non-hydrogen) atoms. The van der Waals surface area contributed by atoms with E-state index < -0.39 is 5.97 Å². The molecule has 3 aromatic rings. The summed E-state index contributed by atoms with van der Waals surface area (Å²) in [7, 11) is 1.32. The van der Waals surface area contributed by atoms with Crippen molar-refractivity contribution in [2.45, 2.75) is 30.6 Å². The number of hydrogen-bond donors (Lipinski definition) is 0. The summed E-state index contributed by atoms with van der Waals surface area (Å²) in [6.45, 7) is 3.55. The van der Waals surface area contributed by atoms with Crippen LogP contribution in [-0.4, -0.2) is 29.3 Å². The quantitative estimate of drug-likeness (QED) is 0.450. The molecule has 0 amide bonds. The van der Waals surface area contributed by atoms with Gasteiger partial charge in [-0.1, -0.05) is 36.4 Å². The number of para-hydroxylation sites is 1. The van der Waals surface area contributed by atoms with E-state index in [4.69, 9.17) is 9.47 Å². The van der Waals surface area contributed by atoms with Gasteiger partial charge in [-0.2, -0.15) is 0 Å². The van der Waals surface area contributed by atoms with Gasteiger partial charge >= 0.3 is 11.9 Å². The average molecular weight is 395 g/mol. The van der Waals surface area contributed by atoms with Crippen LogP contribution in [0.4, 0.5) is 0 Å². The molecule has 0 spiro atoms. The summed E-state index contributed by atoms with van der Waals surface area (Å²) < 4.78 is 10.4. The molecule has 0 saturated carbocycles. The van der Waals surface area contributed by atoms with Gasteiger partial charge in [0.2, 0.25) is 0 Å². The Morgan fingerprint density at radius 1 is 1.07 bits per heavy atom. The number of esters is 2. The Morgan fingerprint density at radius 3 is 2.46 bits per heavy atom. The van der Waals surface area contributed by atoms with E-state index in [1.54, 1.807) is 6.92 Å². The molecule has 0 bridgehead atoms. The van der Waals surface area contributed by atoms with Crippen LogP contribution < -0.4 is 0 Å². The van der Waals surface area contributed by atoms with E-state index in [0.717, 1.165) is 21.4 Å². The van der Waals surface area contributed by atoms with Crippen LogP contribution in [0.25, 0.3) is 10.9 Å². The number of fused-ring (bicyclic) bond motifs is 1.